The van der Waals surface area contributed by atoms with Gasteiger partial charge in [-0.2, -0.15) is 4.98 Å². The van der Waals surface area contributed by atoms with Crippen molar-refractivity contribution >= 4 is 5.91 Å². The van der Waals surface area contributed by atoms with E-state index in [2.05, 4.69) is 15.5 Å². The van der Waals surface area contributed by atoms with Crippen molar-refractivity contribution in [3.05, 3.63) is 59.7 Å². The number of hydrogen-bond acceptors (Lipinski definition) is 6. The monoisotopic (exact) mass is 441 g/mol. The molecule has 0 fully saturated rings. The molecule has 1 aromatic heterocycles. The first-order valence-electron chi connectivity index (χ1n) is 10.8. The number of hydrogen-bond donors (Lipinski definition) is 1. The fourth-order valence-electron chi connectivity index (χ4n) is 3.16. The highest BCUT2D eigenvalue weighted by Gasteiger charge is 2.10. The van der Waals surface area contributed by atoms with Crippen LogP contribution in [0, 0.1) is 5.82 Å². The number of aryl methyl sites for hydroxylation is 1. The van der Waals surface area contributed by atoms with E-state index in [-0.39, 0.29) is 11.7 Å². The van der Waals surface area contributed by atoms with Gasteiger partial charge in [-0.1, -0.05) is 11.2 Å². The van der Waals surface area contributed by atoms with Crippen molar-refractivity contribution in [1.29, 1.82) is 0 Å². The molecule has 1 heterocycles. The summed E-state index contributed by atoms with van der Waals surface area (Å²) in [7, 11) is 0. The van der Waals surface area contributed by atoms with Gasteiger partial charge in [-0.15, -0.1) is 0 Å². The second-order valence-corrected chi connectivity index (χ2v) is 7.12. The Kier molecular flexibility index (Phi) is 8.60. The summed E-state index contributed by atoms with van der Waals surface area (Å²) in [6.07, 6.45) is 2.15. The SMILES string of the molecule is CCOc1ccc(CCNC(=O)CCCc2nc(-c3ccc(F)cc3)no2)cc1OCC. The summed E-state index contributed by atoms with van der Waals surface area (Å²) in [4.78, 5) is 16.4. The number of halogens is 1. The van der Waals surface area contributed by atoms with E-state index in [1.807, 2.05) is 32.0 Å². The molecule has 0 aliphatic carbocycles. The second kappa shape index (κ2) is 11.8. The average Bonchev–Trinajstić information content (AvgIpc) is 3.25. The minimum absolute atomic E-state index is 0.0285. The fraction of sp³-hybridized carbons (Fsp3) is 0.375. The first-order valence-corrected chi connectivity index (χ1v) is 10.8. The van der Waals surface area contributed by atoms with Crippen LogP contribution >= 0.6 is 0 Å². The van der Waals surface area contributed by atoms with Crippen LogP contribution in [0.3, 0.4) is 0 Å². The quantitative estimate of drug-likeness (QED) is 0.450. The number of carbonyl (C=O) groups excluding carboxylic acids is 1. The highest BCUT2D eigenvalue weighted by Crippen LogP contribution is 2.28. The van der Waals surface area contributed by atoms with Gasteiger partial charge in [-0.05, 0) is 68.7 Å². The van der Waals surface area contributed by atoms with Gasteiger partial charge >= 0.3 is 0 Å². The van der Waals surface area contributed by atoms with Crippen LogP contribution in [-0.2, 0) is 17.6 Å². The minimum atomic E-state index is -0.319. The Bertz CT molecular complexity index is 1000. The Morgan fingerprint density at radius 2 is 1.78 bits per heavy atom. The van der Waals surface area contributed by atoms with Gasteiger partial charge < -0.3 is 19.3 Å². The molecule has 170 valence electrons. The number of carbonyl (C=O) groups is 1. The van der Waals surface area contributed by atoms with E-state index in [1.54, 1.807) is 12.1 Å². The summed E-state index contributed by atoms with van der Waals surface area (Å²) >= 11 is 0. The number of nitrogens with one attached hydrogen (secondary N) is 1. The lowest BCUT2D eigenvalue weighted by atomic mass is 10.1. The standard InChI is InChI=1S/C24H28FN3O4/c1-3-30-20-13-8-17(16-21(20)31-4-2)14-15-26-22(29)6-5-7-23-27-24(28-32-23)18-9-11-19(25)12-10-18/h8-13,16H,3-7,14-15H2,1-2H3,(H,26,29). The van der Waals surface area contributed by atoms with Crippen molar-refractivity contribution < 1.29 is 23.2 Å². The molecule has 8 heteroatoms. The zero-order valence-corrected chi connectivity index (χ0v) is 18.4. The number of benzene rings is 2. The molecule has 0 radical (unpaired) electrons. The Morgan fingerprint density at radius 1 is 1.03 bits per heavy atom. The first kappa shape index (κ1) is 23.2. The molecule has 7 nitrogen and oxygen atoms in total. The maximum Gasteiger partial charge on any atom is 0.226 e. The summed E-state index contributed by atoms with van der Waals surface area (Å²) in [5.41, 5.74) is 1.75. The van der Waals surface area contributed by atoms with E-state index in [4.69, 9.17) is 14.0 Å². The Balaban J connectivity index is 1.39. The van der Waals surface area contributed by atoms with Crippen molar-refractivity contribution in [2.45, 2.75) is 39.5 Å². The van der Waals surface area contributed by atoms with Gasteiger partial charge in [0.1, 0.15) is 5.82 Å². The number of rotatable bonds is 12. The van der Waals surface area contributed by atoms with Crippen molar-refractivity contribution in [2.24, 2.45) is 0 Å². The van der Waals surface area contributed by atoms with Gasteiger partial charge in [-0.3, -0.25) is 4.79 Å². The van der Waals surface area contributed by atoms with E-state index in [0.717, 1.165) is 17.1 Å². The van der Waals surface area contributed by atoms with E-state index in [0.29, 0.717) is 62.7 Å². The number of nitrogens with zero attached hydrogens (tertiary/aromatic N) is 2. The van der Waals surface area contributed by atoms with Crippen LogP contribution in [0.15, 0.2) is 47.0 Å². The highest BCUT2D eigenvalue weighted by molar-refractivity contribution is 5.75. The van der Waals surface area contributed by atoms with Crippen molar-refractivity contribution in [3.8, 4) is 22.9 Å². The summed E-state index contributed by atoms with van der Waals surface area (Å²) in [5, 5.41) is 6.84. The predicted molar refractivity (Wildman–Crippen MR) is 118 cm³/mol. The molecule has 0 unspecified atom stereocenters. The Labute approximate surface area is 186 Å². The van der Waals surface area contributed by atoms with Crippen LogP contribution in [0.5, 0.6) is 11.5 Å². The maximum atomic E-state index is 13.0. The molecular formula is C24H28FN3O4. The molecule has 0 aliphatic rings. The fourth-order valence-corrected chi connectivity index (χ4v) is 3.16. The molecule has 32 heavy (non-hydrogen) atoms. The summed E-state index contributed by atoms with van der Waals surface area (Å²) in [6, 6.07) is 11.7. The molecule has 0 atom stereocenters. The third-order valence-electron chi connectivity index (χ3n) is 4.71. The Hall–Kier alpha value is -3.42. The third kappa shape index (κ3) is 6.80. The smallest absolute Gasteiger partial charge is 0.226 e. The summed E-state index contributed by atoms with van der Waals surface area (Å²) in [5.74, 6) is 1.96. The molecule has 0 spiro atoms. The lowest BCUT2D eigenvalue weighted by molar-refractivity contribution is -0.121. The molecule has 0 saturated heterocycles. The number of aromatic nitrogens is 2. The molecular weight excluding hydrogens is 413 g/mol. The predicted octanol–water partition coefficient (Wildman–Crippen LogP) is 4.35. The van der Waals surface area contributed by atoms with Gasteiger partial charge in [0, 0.05) is 24.9 Å². The van der Waals surface area contributed by atoms with E-state index in [1.165, 1.54) is 12.1 Å². The van der Waals surface area contributed by atoms with Crippen LogP contribution in [0.2, 0.25) is 0 Å². The number of amides is 1. The van der Waals surface area contributed by atoms with Crippen LogP contribution in [0.4, 0.5) is 4.39 Å². The van der Waals surface area contributed by atoms with Crippen LogP contribution in [-0.4, -0.2) is 35.8 Å². The van der Waals surface area contributed by atoms with Gasteiger partial charge in [0.05, 0.1) is 13.2 Å². The molecule has 3 aromatic rings. The zero-order chi connectivity index (χ0) is 22.8. The van der Waals surface area contributed by atoms with Gasteiger partial charge in [0.2, 0.25) is 17.6 Å². The van der Waals surface area contributed by atoms with Crippen LogP contribution in [0.25, 0.3) is 11.4 Å². The number of ether oxygens (including phenoxy) is 2. The van der Waals surface area contributed by atoms with Crippen molar-refractivity contribution in [3.63, 3.8) is 0 Å². The van der Waals surface area contributed by atoms with Gasteiger partial charge in [-0.25, -0.2) is 4.39 Å². The molecule has 1 amide bonds. The van der Waals surface area contributed by atoms with Gasteiger partial charge in [0.15, 0.2) is 11.5 Å². The Morgan fingerprint density at radius 3 is 2.53 bits per heavy atom. The highest BCUT2D eigenvalue weighted by atomic mass is 19.1. The topological polar surface area (TPSA) is 86.5 Å². The lowest BCUT2D eigenvalue weighted by Crippen LogP contribution is -2.25. The van der Waals surface area contributed by atoms with E-state index < -0.39 is 0 Å². The largest absolute Gasteiger partial charge is 0.490 e. The van der Waals surface area contributed by atoms with Gasteiger partial charge in [0.25, 0.3) is 0 Å². The normalized spacial score (nSPS) is 10.7. The van der Waals surface area contributed by atoms with E-state index >= 15 is 0 Å². The van der Waals surface area contributed by atoms with Crippen LogP contribution < -0.4 is 14.8 Å². The average molecular weight is 442 g/mol. The molecule has 3 rings (SSSR count). The maximum absolute atomic E-state index is 13.0. The first-order chi connectivity index (χ1) is 15.6. The van der Waals surface area contributed by atoms with Crippen molar-refractivity contribution in [1.82, 2.24) is 15.5 Å². The van der Waals surface area contributed by atoms with Crippen LogP contribution in [0.1, 0.15) is 38.1 Å². The van der Waals surface area contributed by atoms with E-state index in [9.17, 15) is 9.18 Å². The minimum Gasteiger partial charge on any atom is -0.490 e. The zero-order valence-electron chi connectivity index (χ0n) is 18.4. The molecule has 1 N–H and O–H groups in total. The molecule has 0 bridgehead atoms. The summed E-state index contributed by atoms with van der Waals surface area (Å²) in [6.45, 7) is 5.54. The molecule has 2 aromatic carbocycles. The summed E-state index contributed by atoms with van der Waals surface area (Å²) < 4.78 is 29.4. The third-order valence-corrected chi connectivity index (χ3v) is 4.71. The molecule has 0 saturated carbocycles. The lowest BCUT2D eigenvalue weighted by Gasteiger charge is -2.12. The molecule has 0 aliphatic heterocycles. The van der Waals surface area contributed by atoms with Crippen molar-refractivity contribution in [2.75, 3.05) is 19.8 Å². The second-order valence-electron chi connectivity index (χ2n) is 7.12.